The van der Waals surface area contributed by atoms with Gasteiger partial charge in [0.05, 0.1) is 13.7 Å². The molecule has 1 aromatic carbocycles. The van der Waals surface area contributed by atoms with Gasteiger partial charge < -0.3 is 9.47 Å². The molecular weight excluding hydrogens is 294 g/mol. The van der Waals surface area contributed by atoms with Crippen molar-refractivity contribution in [2.75, 3.05) is 13.7 Å². The number of nitrogens with one attached hydrogen (secondary N) is 1. The zero-order valence-corrected chi connectivity index (χ0v) is 14.2. The standard InChI is InChI=1S/C18H25NO4/c1-13(11-14-9-7-6-8-10-14)16(19-12-15(20)22-5)17(21)23-18(2,3)4/h6-10,16,19H,1,11-12H2,2-5H3/t16-/m0/s1. The second-order valence-electron chi connectivity index (χ2n) is 6.24. The first-order chi connectivity index (χ1) is 10.7. The summed E-state index contributed by atoms with van der Waals surface area (Å²) in [4.78, 5) is 23.7. The molecule has 23 heavy (non-hydrogen) atoms. The van der Waals surface area contributed by atoms with Crippen molar-refractivity contribution in [1.29, 1.82) is 0 Å². The van der Waals surface area contributed by atoms with E-state index in [1.807, 2.05) is 30.3 Å². The van der Waals surface area contributed by atoms with Gasteiger partial charge in [0.2, 0.25) is 0 Å². The van der Waals surface area contributed by atoms with Crippen molar-refractivity contribution in [3.63, 3.8) is 0 Å². The first-order valence-electron chi connectivity index (χ1n) is 7.47. The lowest BCUT2D eigenvalue weighted by molar-refractivity contribution is -0.156. The first-order valence-corrected chi connectivity index (χ1v) is 7.47. The van der Waals surface area contributed by atoms with Gasteiger partial charge in [-0.3, -0.25) is 10.1 Å². The lowest BCUT2D eigenvalue weighted by Gasteiger charge is -2.25. The molecule has 0 spiro atoms. The van der Waals surface area contributed by atoms with Gasteiger partial charge in [0, 0.05) is 0 Å². The highest BCUT2D eigenvalue weighted by molar-refractivity contribution is 5.81. The molecule has 0 aliphatic rings. The van der Waals surface area contributed by atoms with Crippen molar-refractivity contribution >= 4 is 11.9 Å². The molecule has 1 rings (SSSR count). The van der Waals surface area contributed by atoms with Crippen LogP contribution in [0.5, 0.6) is 0 Å². The van der Waals surface area contributed by atoms with Crippen LogP contribution in [-0.2, 0) is 25.5 Å². The highest BCUT2D eigenvalue weighted by atomic mass is 16.6. The summed E-state index contributed by atoms with van der Waals surface area (Å²) in [6, 6.07) is 8.91. The van der Waals surface area contributed by atoms with Crippen LogP contribution in [0.1, 0.15) is 26.3 Å². The van der Waals surface area contributed by atoms with Gasteiger partial charge in [-0.25, -0.2) is 4.79 Å². The average Bonchev–Trinajstić information content (AvgIpc) is 2.46. The van der Waals surface area contributed by atoms with Gasteiger partial charge in [0.25, 0.3) is 0 Å². The van der Waals surface area contributed by atoms with E-state index in [4.69, 9.17) is 4.74 Å². The molecule has 1 atom stereocenters. The molecule has 126 valence electrons. The van der Waals surface area contributed by atoms with Crippen LogP contribution in [0.4, 0.5) is 0 Å². The van der Waals surface area contributed by atoms with E-state index in [1.165, 1.54) is 7.11 Å². The number of carbonyl (C=O) groups is 2. The summed E-state index contributed by atoms with van der Waals surface area (Å²) < 4.78 is 10.0. The van der Waals surface area contributed by atoms with Crippen molar-refractivity contribution in [2.24, 2.45) is 0 Å². The third-order valence-corrected chi connectivity index (χ3v) is 3.00. The molecule has 0 aliphatic carbocycles. The lowest BCUT2D eigenvalue weighted by Crippen LogP contribution is -2.45. The molecule has 5 heteroatoms. The SMILES string of the molecule is C=C(Cc1ccccc1)[C@H](NCC(=O)OC)C(=O)OC(C)(C)C. The van der Waals surface area contributed by atoms with Gasteiger partial charge in [-0.1, -0.05) is 36.9 Å². The molecule has 0 saturated carbocycles. The Kier molecular flexibility index (Phi) is 6.97. The van der Waals surface area contributed by atoms with Crippen molar-refractivity contribution in [3.05, 3.63) is 48.0 Å². The van der Waals surface area contributed by atoms with E-state index in [0.717, 1.165) is 5.56 Å². The van der Waals surface area contributed by atoms with Crippen molar-refractivity contribution in [3.8, 4) is 0 Å². The predicted molar refractivity (Wildman–Crippen MR) is 88.9 cm³/mol. The Morgan fingerprint density at radius 3 is 2.35 bits per heavy atom. The number of benzene rings is 1. The zero-order chi connectivity index (χ0) is 17.5. The number of methoxy groups -OCH3 is 1. The van der Waals surface area contributed by atoms with Crippen LogP contribution in [0.25, 0.3) is 0 Å². The van der Waals surface area contributed by atoms with E-state index < -0.39 is 23.6 Å². The predicted octanol–water partition coefficient (Wildman–Crippen LogP) is 2.26. The Bertz CT molecular complexity index is 546. The van der Waals surface area contributed by atoms with E-state index in [1.54, 1.807) is 20.8 Å². The normalized spacial score (nSPS) is 12.3. The molecule has 0 heterocycles. The minimum atomic E-state index is -0.770. The summed E-state index contributed by atoms with van der Waals surface area (Å²) >= 11 is 0. The van der Waals surface area contributed by atoms with Gasteiger partial charge in [0.1, 0.15) is 11.6 Å². The molecule has 1 N–H and O–H groups in total. The van der Waals surface area contributed by atoms with Crippen LogP contribution in [0.15, 0.2) is 42.5 Å². The van der Waals surface area contributed by atoms with Crippen LogP contribution in [-0.4, -0.2) is 37.2 Å². The second-order valence-corrected chi connectivity index (χ2v) is 6.24. The Morgan fingerprint density at radius 1 is 1.22 bits per heavy atom. The number of ether oxygens (including phenoxy) is 2. The molecule has 0 radical (unpaired) electrons. The molecule has 1 aromatic rings. The summed E-state index contributed by atoms with van der Waals surface area (Å²) in [7, 11) is 1.30. The Labute approximate surface area is 137 Å². The maximum Gasteiger partial charge on any atom is 0.327 e. The summed E-state index contributed by atoms with van der Waals surface area (Å²) in [6.07, 6.45) is 0.513. The van der Waals surface area contributed by atoms with Gasteiger partial charge in [-0.05, 0) is 38.3 Å². The summed E-state index contributed by atoms with van der Waals surface area (Å²) in [6.45, 7) is 9.28. The van der Waals surface area contributed by atoms with Crippen LogP contribution >= 0.6 is 0 Å². The first kappa shape index (κ1) is 18.9. The van der Waals surface area contributed by atoms with Crippen molar-refractivity contribution in [2.45, 2.75) is 38.8 Å². The third kappa shape index (κ3) is 7.10. The topological polar surface area (TPSA) is 64.6 Å². The van der Waals surface area contributed by atoms with Crippen LogP contribution in [0.3, 0.4) is 0 Å². The van der Waals surface area contributed by atoms with Crippen molar-refractivity contribution < 1.29 is 19.1 Å². The molecule has 0 unspecified atom stereocenters. The maximum absolute atomic E-state index is 12.4. The Hall–Kier alpha value is -2.14. The zero-order valence-electron chi connectivity index (χ0n) is 14.2. The molecule has 0 aliphatic heterocycles. The minimum Gasteiger partial charge on any atom is -0.468 e. The van der Waals surface area contributed by atoms with E-state index in [9.17, 15) is 9.59 Å². The number of esters is 2. The van der Waals surface area contributed by atoms with E-state index in [-0.39, 0.29) is 6.54 Å². The molecule has 0 bridgehead atoms. The van der Waals surface area contributed by atoms with E-state index >= 15 is 0 Å². The Morgan fingerprint density at radius 2 is 1.83 bits per heavy atom. The fraction of sp³-hybridized carbons (Fsp3) is 0.444. The van der Waals surface area contributed by atoms with Gasteiger partial charge in [-0.2, -0.15) is 0 Å². The number of hydrogen-bond donors (Lipinski definition) is 1. The maximum atomic E-state index is 12.4. The fourth-order valence-corrected chi connectivity index (χ4v) is 1.97. The van der Waals surface area contributed by atoms with Crippen LogP contribution in [0, 0.1) is 0 Å². The quantitative estimate of drug-likeness (QED) is 0.617. The molecule has 0 aromatic heterocycles. The minimum absolute atomic E-state index is 0.0891. The molecule has 5 nitrogen and oxygen atoms in total. The van der Waals surface area contributed by atoms with Crippen LogP contribution < -0.4 is 5.32 Å². The summed E-state index contributed by atoms with van der Waals surface area (Å²) in [5.74, 6) is -0.909. The van der Waals surface area contributed by atoms with Gasteiger partial charge in [-0.15, -0.1) is 0 Å². The number of rotatable bonds is 7. The number of hydrogen-bond acceptors (Lipinski definition) is 5. The van der Waals surface area contributed by atoms with Crippen molar-refractivity contribution in [1.82, 2.24) is 5.32 Å². The van der Waals surface area contributed by atoms with Crippen LogP contribution in [0.2, 0.25) is 0 Å². The highest BCUT2D eigenvalue weighted by Crippen LogP contribution is 2.15. The number of carbonyl (C=O) groups excluding carboxylic acids is 2. The molecule has 0 amide bonds. The smallest absolute Gasteiger partial charge is 0.327 e. The molecule has 0 saturated heterocycles. The Balaban J connectivity index is 2.82. The van der Waals surface area contributed by atoms with E-state index in [0.29, 0.717) is 12.0 Å². The monoisotopic (exact) mass is 319 g/mol. The fourth-order valence-electron chi connectivity index (χ4n) is 1.97. The van der Waals surface area contributed by atoms with Gasteiger partial charge >= 0.3 is 11.9 Å². The lowest BCUT2D eigenvalue weighted by atomic mass is 10.00. The third-order valence-electron chi connectivity index (χ3n) is 3.00. The summed E-state index contributed by atoms with van der Waals surface area (Å²) in [5, 5.41) is 2.86. The molecule has 0 fully saturated rings. The van der Waals surface area contributed by atoms with E-state index in [2.05, 4.69) is 16.6 Å². The second kappa shape index (κ2) is 8.48. The average molecular weight is 319 g/mol. The molecular formula is C18H25NO4. The summed E-state index contributed by atoms with van der Waals surface area (Å²) in [5.41, 5.74) is 1.05. The largest absolute Gasteiger partial charge is 0.468 e. The van der Waals surface area contributed by atoms with Gasteiger partial charge in [0.15, 0.2) is 0 Å². The highest BCUT2D eigenvalue weighted by Gasteiger charge is 2.27.